The van der Waals surface area contributed by atoms with E-state index in [0.29, 0.717) is 23.0 Å². The summed E-state index contributed by atoms with van der Waals surface area (Å²) < 4.78 is 1.69. The maximum Gasteiger partial charge on any atom is 0.324 e. The van der Waals surface area contributed by atoms with Crippen molar-refractivity contribution < 1.29 is 14.4 Å². The minimum atomic E-state index is -0.441. The van der Waals surface area contributed by atoms with Gasteiger partial charge in [-0.3, -0.25) is 14.5 Å². The number of nitrogens with one attached hydrogen (secondary N) is 2. The normalized spacial score (nSPS) is 14.0. The Morgan fingerprint density at radius 1 is 1.28 bits per heavy atom. The van der Waals surface area contributed by atoms with Crippen molar-refractivity contribution in [2.45, 2.75) is 20.4 Å². The van der Waals surface area contributed by atoms with Crippen LogP contribution in [0.5, 0.6) is 0 Å². The number of carbonyl (C=O) groups is 3. The molecule has 1 aromatic carbocycles. The number of hydrogen-bond donors (Lipinski definition) is 2. The molecule has 0 unspecified atom stereocenters. The summed E-state index contributed by atoms with van der Waals surface area (Å²) in [7, 11) is 0. The number of rotatable bonds is 7. The van der Waals surface area contributed by atoms with Crippen molar-refractivity contribution in [3.63, 3.8) is 0 Å². The van der Waals surface area contributed by atoms with Crippen LogP contribution < -0.4 is 10.6 Å². The number of urea groups is 1. The van der Waals surface area contributed by atoms with Gasteiger partial charge in [-0.25, -0.2) is 9.48 Å². The Morgan fingerprint density at radius 2 is 2.00 bits per heavy atom. The average molecular weight is 416 g/mol. The number of halogens is 1. The van der Waals surface area contributed by atoms with Crippen LogP contribution in [0, 0.1) is 13.8 Å². The molecular formula is C20H22ClN5O3. The van der Waals surface area contributed by atoms with Gasteiger partial charge < -0.3 is 10.6 Å². The van der Waals surface area contributed by atoms with Crippen molar-refractivity contribution >= 4 is 35.5 Å². The maximum absolute atomic E-state index is 12.0. The average Bonchev–Trinajstić information content (AvgIpc) is 3.14. The largest absolute Gasteiger partial charge is 0.351 e. The Kier molecular flexibility index (Phi) is 6.33. The summed E-state index contributed by atoms with van der Waals surface area (Å²) >= 11 is 6.45. The SMILES string of the molecule is Cc1ccc(Cn2nc(C)c(C=CC(=O)NCCN3C(=O)CNC3=O)c2Cl)cc1. The van der Waals surface area contributed by atoms with Gasteiger partial charge in [0.15, 0.2) is 0 Å². The van der Waals surface area contributed by atoms with Crippen molar-refractivity contribution in [1.29, 1.82) is 0 Å². The molecule has 0 bridgehead atoms. The van der Waals surface area contributed by atoms with Crippen LogP contribution in [0.15, 0.2) is 30.3 Å². The summed E-state index contributed by atoms with van der Waals surface area (Å²) in [5.41, 5.74) is 3.64. The number of hydrogen-bond acceptors (Lipinski definition) is 4. The fourth-order valence-electron chi connectivity index (χ4n) is 2.92. The van der Waals surface area contributed by atoms with Crippen LogP contribution >= 0.6 is 11.6 Å². The molecule has 2 N–H and O–H groups in total. The Morgan fingerprint density at radius 3 is 2.66 bits per heavy atom. The Balaban J connectivity index is 1.57. The molecular weight excluding hydrogens is 394 g/mol. The molecule has 0 spiro atoms. The molecule has 1 aliphatic rings. The summed E-state index contributed by atoms with van der Waals surface area (Å²) in [6.07, 6.45) is 2.97. The van der Waals surface area contributed by atoms with Gasteiger partial charge in [-0.15, -0.1) is 0 Å². The molecule has 4 amide bonds. The van der Waals surface area contributed by atoms with Crippen LogP contribution in [0.3, 0.4) is 0 Å². The van der Waals surface area contributed by atoms with E-state index in [2.05, 4.69) is 15.7 Å². The van der Waals surface area contributed by atoms with E-state index in [1.54, 1.807) is 10.8 Å². The van der Waals surface area contributed by atoms with Crippen molar-refractivity contribution in [3.05, 3.63) is 57.9 Å². The zero-order valence-corrected chi connectivity index (χ0v) is 17.0. The number of amides is 4. The third-order valence-electron chi connectivity index (χ3n) is 4.54. The quantitative estimate of drug-likeness (QED) is 0.533. The molecule has 1 fully saturated rings. The second-order valence-electron chi connectivity index (χ2n) is 6.76. The van der Waals surface area contributed by atoms with E-state index < -0.39 is 6.03 Å². The van der Waals surface area contributed by atoms with E-state index in [1.807, 2.05) is 38.1 Å². The van der Waals surface area contributed by atoms with E-state index in [1.165, 1.54) is 11.6 Å². The first-order valence-electron chi connectivity index (χ1n) is 9.17. The summed E-state index contributed by atoms with van der Waals surface area (Å²) in [6.45, 7) is 4.68. The summed E-state index contributed by atoms with van der Waals surface area (Å²) in [6, 6.07) is 7.67. The van der Waals surface area contributed by atoms with Gasteiger partial charge in [-0.05, 0) is 25.5 Å². The first-order chi connectivity index (χ1) is 13.8. The second kappa shape index (κ2) is 8.91. The van der Waals surface area contributed by atoms with Crippen LogP contribution in [0.2, 0.25) is 5.15 Å². The number of benzene rings is 1. The molecule has 29 heavy (non-hydrogen) atoms. The van der Waals surface area contributed by atoms with Crippen LogP contribution in [0.25, 0.3) is 6.08 Å². The number of aromatic nitrogens is 2. The van der Waals surface area contributed by atoms with Gasteiger partial charge in [0, 0.05) is 24.7 Å². The smallest absolute Gasteiger partial charge is 0.324 e. The lowest BCUT2D eigenvalue weighted by molar-refractivity contribution is -0.125. The third-order valence-corrected chi connectivity index (χ3v) is 4.93. The van der Waals surface area contributed by atoms with Crippen LogP contribution in [-0.4, -0.2) is 52.2 Å². The van der Waals surface area contributed by atoms with Crippen molar-refractivity contribution in [2.24, 2.45) is 0 Å². The molecule has 3 rings (SSSR count). The highest BCUT2D eigenvalue weighted by Crippen LogP contribution is 2.22. The molecule has 1 saturated heterocycles. The predicted octanol–water partition coefficient (Wildman–Crippen LogP) is 1.88. The number of aryl methyl sites for hydroxylation is 2. The van der Waals surface area contributed by atoms with Gasteiger partial charge in [0.25, 0.3) is 0 Å². The highest BCUT2D eigenvalue weighted by molar-refractivity contribution is 6.31. The van der Waals surface area contributed by atoms with Gasteiger partial charge in [0.05, 0.1) is 18.8 Å². The summed E-state index contributed by atoms with van der Waals surface area (Å²) in [5.74, 6) is -0.651. The minimum absolute atomic E-state index is 0.00294. The fraction of sp³-hybridized carbons (Fsp3) is 0.300. The van der Waals surface area contributed by atoms with Gasteiger partial charge in [-0.1, -0.05) is 41.4 Å². The Bertz CT molecular complexity index is 949. The Hall–Kier alpha value is -3.13. The van der Waals surface area contributed by atoms with E-state index in [0.717, 1.165) is 10.5 Å². The summed E-state index contributed by atoms with van der Waals surface area (Å²) in [5, 5.41) is 9.97. The lowest BCUT2D eigenvalue weighted by atomic mass is 10.1. The van der Waals surface area contributed by atoms with Gasteiger partial charge >= 0.3 is 6.03 Å². The highest BCUT2D eigenvalue weighted by atomic mass is 35.5. The van der Waals surface area contributed by atoms with Crippen molar-refractivity contribution in [3.8, 4) is 0 Å². The predicted molar refractivity (Wildman–Crippen MR) is 109 cm³/mol. The van der Waals surface area contributed by atoms with E-state index in [9.17, 15) is 14.4 Å². The molecule has 0 aliphatic carbocycles. The first kappa shape index (κ1) is 20.6. The zero-order chi connectivity index (χ0) is 21.0. The number of imide groups is 1. The number of nitrogens with zero attached hydrogens (tertiary/aromatic N) is 3. The molecule has 9 heteroatoms. The molecule has 0 saturated carbocycles. The molecule has 2 heterocycles. The van der Waals surface area contributed by atoms with Crippen LogP contribution in [0.1, 0.15) is 22.4 Å². The number of carbonyl (C=O) groups excluding carboxylic acids is 3. The third kappa shape index (κ3) is 5.03. The molecule has 8 nitrogen and oxygen atoms in total. The first-order valence-corrected chi connectivity index (χ1v) is 9.55. The Labute approximate surface area is 173 Å². The molecule has 152 valence electrons. The van der Waals surface area contributed by atoms with Crippen LogP contribution in [0.4, 0.5) is 4.79 Å². The maximum atomic E-state index is 12.0. The van der Waals surface area contributed by atoms with Crippen molar-refractivity contribution in [1.82, 2.24) is 25.3 Å². The van der Waals surface area contributed by atoms with E-state index >= 15 is 0 Å². The molecule has 0 atom stereocenters. The van der Waals surface area contributed by atoms with E-state index in [4.69, 9.17) is 11.6 Å². The lowest BCUT2D eigenvalue weighted by Crippen LogP contribution is -2.38. The van der Waals surface area contributed by atoms with Gasteiger partial charge in [0.1, 0.15) is 5.15 Å². The standard InChI is InChI=1S/C20H22ClN5O3/c1-13-3-5-15(6-4-13)12-26-19(21)16(14(2)24-26)7-8-17(27)22-9-10-25-18(28)11-23-20(25)29/h3-8H,9-12H2,1-2H3,(H,22,27)(H,23,29). The van der Waals surface area contributed by atoms with Gasteiger partial charge in [-0.2, -0.15) is 5.10 Å². The fourth-order valence-corrected chi connectivity index (χ4v) is 3.22. The van der Waals surface area contributed by atoms with Crippen LogP contribution in [-0.2, 0) is 16.1 Å². The van der Waals surface area contributed by atoms with E-state index in [-0.39, 0.29) is 31.4 Å². The molecule has 1 aliphatic heterocycles. The summed E-state index contributed by atoms with van der Waals surface area (Å²) in [4.78, 5) is 36.0. The molecule has 1 aromatic heterocycles. The van der Waals surface area contributed by atoms with Gasteiger partial charge in [0.2, 0.25) is 11.8 Å². The van der Waals surface area contributed by atoms with Crippen molar-refractivity contribution in [2.75, 3.05) is 19.6 Å². The highest BCUT2D eigenvalue weighted by Gasteiger charge is 2.27. The monoisotopic (exact) mass is 415 g/mol. The molecule has 0 radical (unpaired) electrons. The topological polar surface area (TPSA) is 96.3 Å². The second-order valence-corrected chi connectivity index (χ2v) is 7.12. The lowest BCUT2D eigenvalue weighted by Gasteiger charge is -2.11. The minimum Gasteiger partial charge on any atom is -0.351 e. The zero-order valence-electron chi connectivity index (χ0n) is 16.2. The molecule has 2 aromatic rings.